The number of aromatic nitrogens is 4. The van der Waals surface area contributed by atoms with E-state index in [4.69, 9.17) is 86.6 Å². The molecule has 0 atom stereocenters. The van der Waals surface area contributed by atoms with Gasteiger partial charge in [0.05, 0.1) is 0 Å². The maximum absolute atomic E-state index is 6.74. The first-order chi connectivity index (χ1) is 28.6. The Morgan fingerprint density at radius 1 is 0.390 bits per heavy atom. The summed E-state index contributed by atoms with van der Waals surface area (Å²) in [5.74, 6) is 0.821. The fourth-order valence-electron chi connectivity index (χ4n) is 8.28. The van der Waals surface area contributed by atoms with Gasteiger partial charge in [-0.1, -0.05) is 101 Å². The maximum Gasteiger partial charge on any atom is 0.238 e. The Bertz CT molecular complexity index is 3540. The van der Waals surface area contributed by atoms with Crippen LogP contribution in [0.25, 0.3) is 106 Å². The summed E-state index contributed by atoms with van der Waals surface area (Å²) in [5, 5.41) is 4.75. The second-order valence-corrected chi connectivity index (χ2v) is 14.5. The summed E-state index contributed by atoms with van der Waals surface area (Å²) in [7, 11) is 52.4. The fraction of sp³-hybridized carbons (Fsp3) is 0. The molecule has 4 heterocycles. The standard InChI is InChI=1S/C45H18B8N4O2/c46-32-30-31-33(47)35(49)37(51)39(53)41(31)57(40(30)38(52)36(50)34(32)48)45-55-43(19-7-2-1-3-8-19)54-44(56-45)21-14-16-25-24-15-13-20(17-28(24)58-29(25)18-21)22-10-6-11-26-23-9-4-5-12-27(23)59-42(22)26/h1-18H. The summed E-state index contributed by atoms with van der Waals surface area (Å²) in [6.07, 6.45) is 0. The molecule has 0 saturated heterocycles. The van der Waals surface area contributed by atoms with Gasteiger partial charge in [-0.15, -0.1) is 21.9 Å². The van der Waals surface area contributed by atoms with Crippen molar-refractivity contribution in [3.63, 3.8) is 0 Å². The van der Waals surface area contributed by atoms with Crippen LogP contribution in [0.3, 0.4) is 0 Å². The number of rotatable bonds is 4. The van der Waals surface area contributed by atoms with Gasteiger partial charge in [-0.3, -0.25) is 4.57 Å². The highest BCUT2D eigenvalue weighted by Crippen LogP contribution is 2.39. The quantitative estimate of drug-likeness (QED) is 0.260. The molecule has 11 rings (SSSR count). The Morgan fingerprint density at radius 2 is 0.915 bits per heavy atom. The number of nitrogens with zero attached hydrogens (tertiary/aromatic N) is 4. The Labute approximate surface area is 348 Å². The van der Waals surface area contributed by atoms with Crippen molar-refractivity contribution in [2.75, 3.05) is 0 Å². The molecule has 0 N–H and O–H groups in total. The maximum atomic E-state index is 6.74. The van der Waals surface area contributed by atoms with Gasteiger partial charge >= 0.3 is 0 Å². The highest BCUT2D eigenvalue weighted by Gasteiger charge is 2.25. The molecule has 0 saturated carbocycles. The van der Waals surface area contributed by atoms with Crippen molar-refractivity contribution in [3.05, 3.63) is 109 Å². The number of para-hydroxylation sites is 2. The monoisotopic (exact) mass is 734 g/mol. The van der Waals surface area contributed by atoms with E-state index in [0.717, 1.165) is 49.4 Å². The van der Waals surface area contributed by atoms with E-state index in [2.05, 4.69) is 30.3 Å². The van der Waals surface area contributed by atoms with Crippen molar-refractivity contribution in [1.29, 1.82) is 0 Å². The van der Waals surface area contributed by atoms with Crippen LogP contribution in [-0.4, -0.2) is 82.3 Å². The molecule has 7 aromatic carbocycles. The highest BCUT2D eigenvalue weighted by molar-refractivity contribution is 6.71. The Kier molecular flexibility index (Phi) is 7.84. The Balaban J connectivity index is 1.13. The molecule has 0 aliphatic rings. The van der Waals surface area contributed by atoms with Gasteiger partial charge in [0, 0.05) is 49.3 Å². The molecule has 0 aliphatic heterocycles. The third kappa shape index (κ3) is 5.14. The van der Waals surface area contributed by atoms with Crippen LogP contribution in [0, 0.1) is 0 Å². The zero-order valence-corrected chi connectivity index (χ0v) is 31.1. The molecular weight excluding hydrogens is 715 g/mol. The first kappa shape index (κ1) is 35.6. The van der Waals surface area contributed by atoms with Crippen molar-refractivity contribution in [2.24, 2.45) is 0 Å². The fourth-order valence-corrected chi connectivity index (χ4v) is 8.28. The number of fused-ring (bicyclic) bond motifs is 9. The molecule has 4 aromatic heterocycles. The third-order valence-electron chi connectivity index (χ3n) is 11.3. The number of hydrogen-bond donors (Lipinski definition) is 0. The molecule has 0 aliphatic carbocycles. The first-order valence-corrected chi connectivity index (χ1v) is 18.6. The van der Waals surface area contributed by atoms with Crippen LogP contribution in [-0.2, 0) is 0 Å². The summed E-state index contributed by atoms with van der Waals surface area (Å²) >= 11 is 0. The molecule has 11 aromatic rings. The molecule has 0 spiro atoms. The first-order valence-electron chi connectivity index (χ1n) is 18.6. The lowest BCUT2D eigenvalue weighted by atomic mass is 9.63. The van der Waals surface area contributed by atoms with Gasteiger partial charge in [-0.25, -0.2) is 4.98 Å². The summed E-state index contributed by atoms with van der Waals surface area (Å²) in [6.45, 7) is 0. The lowest BCUT2D eigenvalue weighted by molar-refractivity contribution is 0.668. The predicted molar refractivity (Wildman–Crippen MR) is 248 cm³/mol. The van der Waals surface area contributed by atoms with Crippen molar-refractivity contribution in [2.45, 2.75) is 0 Å². The van der Waals surface area contributed by atoms with Crippen molar-refractivity contribution >= 4 is 172 Å². The average molecular weight is 733 g/mol. The van der Waals surface area contributed by atoms with Crippen LogP contribution in [0.4, 0.5) is 0 Å². The van der Waals surface area contributed by atoms with E-state index in [1.807, 2.05) is 78.9 Å². The molecule has 0 fully saturated rings. The average Bonchev–Trinajstić information content (AvgIpc) is 3.96. The second-order valence-electron chi connectivity index (χ2n) is 14.5. The predicted octanol–water partition coefficient (Wildman–Crippen LogP) is 2.12. The van der Waals surface area contributed by atoms with Crippen LogP contribution < -0.4 is 43.7 Å². The minimum Gasteiger partial charge on any atom is -0.456 e. The van der Waals surface area contributed by atoms with Gasteiger partial charge in [-0.05, 0) is 46.7 Å². The van der Waals surface area contributed by atoms with Gasteiger partial charge in [0.15, 0.2) is 11.6 Å². The molecule has 16 radical (unpaired) electrons. The van der Waals surface area contributed by atoms with E-state index >= 15 is 0 Å². The highest BCUT2D eigenvalue weighted by atomic mass is 16.3. The normalized spacial score (nSPS) is 11.9. The summed E-state index contributed by atoms with van der Waals surface area (Å²) in [6, 6.07) is 35.7. The SMILES string of the molecule is [B]c1c([B])c([B])c2c(c1[B])c1c([B])c([B])c([B])c([B])c1n2-c1nc(-c2ccccc2)nc(-c2ccc3c(c2)oc2cc(-c4cccc5c4oc4ccccc45)ccc23)n1. The topological polar surface area (TPSA) is 69.9 Å². The zero-order chi connectivity index (χ0) is 40.4. The van der Waals surface area contributed by atoms with Gasteiger partial charge in [-0.2, -0.15) is 9.97 Å². The minimum atomic E-state index is 0.0717. The van der Waals surface area contributed by atoms with Crippen molar-refractivity contribution in [3.8, 4) is 39.9 Å². The molecule has 6 nitrogen and oxygen atoms in total. The van der Waals surface area contributed by atoms with Crippen LogP contribution in [0.2, 0.25) is 0 Å². The number of benzene rings is 7. The molecule has 14 heteroatoms. The molecule has 59 heavy (non-hydrogen) atoms. The van der Waals surface area contributed by atoms with Crippen LogP contribution >= 0.6 is 0 Å². The van der Waals surface area contributed by atoms with Gasteiger partial charge in [0.25, 0.3) is 0 Å². The second kappa shape index (κ2) is 13.0. The molecule has 0 bridgehead atoms. The smallest absolute Gasteiger partial charge is 0.238 e. The minimum absolute atomic E-state index is 0.0717. The molecule has 254 valence electrons. The Hall–Kier alpha value is -6.53. The van der Waals surface area contributed by atoms with E-state index < -0.39 is 0 Å². The van der Waals surface area contributed by atoms with Crippen molar-refractivity contribution in [1.82, 2.24) is 19.5 Å². The zero-order valence-electron chi connectivity index (χ0n) is 31.1. The largest absolute Gasteiger partial charge is 0.456 e. The lowest BCUT2D eigenvalue weighted by Crippen LogP contribution is -2.49. The van der Waals surface area contributed by atoms with Gasteiger partial charge in [0.2, 0.25) is 5.95 Å². The number of hydrogen-bond acceptors (Lipinski definition) is 5. The van der Waals surface area contributed by atoms with E-state index in [1.54, 1.807) is 4.57 Å². The van der Waals surface area contributed by atoms with Gasteiger partial charge < -0.3 is 8.83 Å². The van der Waals surface area contributed by atoms with E-state index in [1.165, 1.54) is 0 Å². The molecule has 0 amide bonds. The summed E-state index contributed by atoms with van der Waals surface area (Å²) in [4.78, 5) is 15.0. The van der Waals surface area contributed by atoms with Crippen LogP contribution in [0.1, 0.15) is 0 Å². The van der Waals surface area contributed by atoms with E-state index in [0.29, 0.717) is 50.2 Å². The summed E-state index contributed by atoms with van der Waals surface area (Å²) < 4.78 is 14.5. The Morgan fingerprint density at radius 3 is 1.58 bits per heavy atom. The van der Waals surface area contributed by atoms with Crippen molar-refractivity contribution < 1.29 is 8.83 Å². The van der Waals surface area contributed by atoms with Crippen LogP contribution in [0.5, 0.6) is 0 Å². The lowest BCUT2D eigenvalue weighted by Gasteiger charge is -2.17. The third-order valence-corrected chi connectivity index (χ3v) is 11.3. The molecular formula is C45H18B8N4O2. The summed E-state index contributed by atoms with van der Waals surface area (Å²) in [5.41, 5.74) is 7.77. The van der Waals surface area contributed by atoms with Crippen LogP contribution in [0.15, 0.2) is 118 Å². The van der Waals surface area contributed by atoms with Gasteiger partial charge in [0.1, 0.15) is 85.1 Å². The van der Waals surface area contributed by atoms with E-state index in [9.17, 15) is 0 Å². The van der Waals surface area contributed by atoms with E-state index in [-0.39, 0.29) is 49.7 Å². The number of furan rings is 2. The molecule has 0 unspecified atom stereocenters.